The van der Waals surface area contributed by atoms with Crippen LogP contribution in [-0.2, 0) is 11.2 Å². The number of hydrogen-bond acceptors (Lipinski definition) is 3. The number of hydrogen-bond donors (Lipinski definition) is 1. The lowest BCUT2D eigenvalue weighted by molar-refractivity contribution is -0.115. The Balaban J connectivity index is 1.61. The number of carbonyl (C=O) groups is 1. The minimum Gasteiger partial charge on any atom is -0.496 e. The van der Waals surface area contributed by atoms with Gasteiger partial charge >= 0.3 is 0 Å². The molecule has 0 aromatic heterocycles. The van der Waals surface area contributed by atoms with E-state index in [0.29, 0.717) is 0 Å². The van der Waals surface area contributed by atoms with Gasteiger partial charge in [-0.25, -0.2) is 0 Å². The van der Waals surface area contributed by atoms with Crippen molar-refractivity contribution in [2.45, 2.75) is 30.1 Å². The smallest absolute Gasteiger partial charge is 0.228 e. The van der Waals surface area contributed by atoms with Crippen LogP contribution in [0.1, 0.15) is 16.7 Å². The molecule has 0 unspecified atom stereocenters. The molecule has 1 N–H and O–H groups in total. The van der Waals surface area contributed by atoms with E-state index in [0.717, 1.165) is 21.9 Å². The topological polar surface area (TPSA) is 38.3 Å². The van der Waals surface area contributed by atoms with Crippen LogP contribution in [0.4, 0.5) is 5.69 Å². The Kier molecular flexibility index (Phi) is 6.20. The molecule has 0 spiro atoms. The quantitative estimate of drug-likeness (QED) is 0.604. The Labute approximate surface area is 164 Å². The Morgan fingerprint density at radius 2 is 1.63 bits per heavy atom. The summed E-state index contributed by atoms with van der Waals surface area (Å²) >= 11 is 1.72. The molecule has 0 aliphatic carbocycles. The van der Waals surface area contributed by atoms with E-state index < -0.39 is 0 Å². The summed E-state index contributed by atoms with van der Waals surface area (Å²) < 4.78 is 5.30. The second kappa shape index (κ2) is 8.78. The molecule has 4 heteroatoms. The van der Waals surface area contributed by atoms with E-state index in [4.69, 9.17) is 4.74 Å². The highest BCUT2D eigenvalue weighted by atomic mass is 32.2. The fourth-order valence-corrected chi connectivity index (χ4v) is 3.66. The molecule has 0 aliphatic rings. The Morgan fingerprint density at radius 1 is 0.926 bits per heavy atom. The van der Waals surface area contributed by atoms with Crippen molar-refractivity contribution in [2.24, 2.45) is 0 Å². The monoisotopic (exact) mass is 377 g/mol. The molecule has 3 rings (SSSR count). The van der Waals surface area contributed by atoms with E-state index in [9.17, 15) is 4.79 Å². The fourth-order valence-electron chi connectivity index (χ4n) is 2.75. The number of methoxy groups -OCH3 is 1. The normalized spacial score (nSPS) is 10.5. The Hall–Kier alpha value is -2.72. The molecule has 3 nitrogen and oxygen atoms in total. The van der Waals surface area contributed by atoms with Crippen LogP contribution in [-0.4, -0.2) is 13.0 Å². The molecule has 27 heavy (non-hydrogen) atoms. The molecule has 138 valence electrons. The van der Waals surface area contributed by atoms with Gasteiger partial charge in [-0.15, -0.1) is 0 Å². The van der Waals surface area contributed by atoms with E-state index in [-0.39, 0.29) is 12.3 Å². The standard InChI is InChI=1S/C23H23NO2S/c1-16-8-11-21(14-17(16)2)27-20-12-9-19(10-13-20)24-23(25)15-18-6-4-5-7-22(18)26-3/h4-14H,15H2,1-3H3,(H,24,25). The fraction of sp³-hybridized carbons (Fsp3) is 0.174. The summed E-state index contributed by atoms with van der Waals surface area (Å²) in [4.78, 5) is 14.7. The average Bonchev–Trinajstić information content (AvgIpc) is 2.67. The molecular weight excluding hydrogens is 354 g/mol. The van der Waals surface area contributed by atoms with Crippen molar-refractivity contribution >= 4 is 23.4 Å². The van der Waals surface area contributed by atoms with E-state index in [1.165, 1.54) is 16.0 Å². The highest BCUT2D eigenvalue weighted by molar-refractivity contribution is 7.99. The van der Waals surface area contributed by atoms with Gasteiger partial charge in [0.15, 0.2) is 0 Å². The number of rotatable bonds is 6. The van der Waals surface area contributed by atoms with Crippen molar-refractivity contribution in [3.05, 3.63) is 83.4 Å². The maximum absolute atomic E-state index is 12.3. The van der Waals surface area contributed by atoms with Gasteiger partial charge in [0.2, 0.25) is 5.91 Å². The SMILES string of the molecule is COc1ccccc1CC(=O)Nc1ccc(Sc2ccc(C)c(C)c2)cc1. The molecule has 0 bridgehead atoms. The van der Waals surface area contributed by atoms with Crippen LogP contribution in [0.25, 0.3) is 0 Å². The molecule has 0 saturated carbocycles. The van der Waals surface area contributed by atoms with E-state index in [1.54, 1.807) is 18.9 Å². The first-order chi connectivity index (χ1) is 13.0. The number of amides is 1. The van der Waals surface area contributed by atoms with Crippen molar-refractivity contribution in [2.75, 3.05) is 12.4 Å². The average molecular weight is 378 g/mol. The third-order valence-corrected chi connectivity index (χ3v) is 5.39. The van der Waals surface area contributed by atoms with Gasteiger partial charge in [0.25, 0.3) is 0 Å². The van der Waals surface area contributed by atoms with Gasteiger partial charge in [0, 0.05) is 21.0 Å². The number of carbonyl (C=O) groups excluding carboxylic acids is 1. The maximum atomic E-state index is 12.3. The summed E-state index contributed by atoms with van der Waals surface area (Å²) in [6, 6.07) is 22.0. The van der Waals surface area contributed by atoms with Gasteiger partial charge in [0.1, 0.15) is 5.75 Å². The summed E-state index contributed by atoms with van der Waals surface area (Å²) in [5.74, 6) is 0.668. The van der Waals surface area contributed by atoms with E-state index >= 15 is 0 Å². The van der Waals surface area contributed by atoms with Crippen LogP contribution in [0.15, 0.2) is 76.5 Å². The third kappa shape index (κ3) is 5.14. The van der Waals surface area contributed by atoms with Crippen molar-refractivity contribution < 1.29 is 9.53 Å². The lowest BCUT2D eigenvalue weighted by Crippen LogP contribution is -2.14. The molecule has 0 fully saturated rings. The minimum absolute atomic E-state index is 0.0611. The van der Waals surface area contributed by atoms with Crippen LogP contribution in [0.2, 0.25) is 0 Å². The molecule has 0 aliphatic heterocycles. The Morgan fingerprint density at radius 3 is 2.33 bits per heavy atom. The summed E-state index contributed by atoms with van der Waals surface area (Å²) in [6.45, 7) is 4.24. The maximum Gasteiger partial charge on any atom is 0.228 e. The Bertz CT molecular complexity index is 935. The molecule has 3 aromatic rings. The molecule has 0 heterocycles. The van der Waals surface area contributed by atoms with Crippen molar-refractivity contribution in [3.63, 3.8) is 0 Å². The van der Waals surface area contributed by atoms with E-state index in [2.05, 4.69) is 37.4 Å². The van der Waals surface area contributed by atoms with Crippen LogP contribution in [0.5, 0.6) is 5.75 Å². The van der Waals surface area contributed by atoms with Gasteiger partial charge in [0.05, 0.1) is 13.5 Å². The zero-order valence-corrected chi connectivity index (χ0v) is 16.6. The van der Waals surface area contributed by atoms with Crippen LogP contribution >= 0.6 is 11.8 Å². The van der Waals surface area contributed by atoms with Crippen molar-refractivity contribution in [1.82, 2.24) is 0 Å². The van der Waals surface area contributed by atoms with Crippen molar-refractivity contribution in [1.29, 1.82) is 0 Å². The van der Waals surface area contributed by atoms with Gasteiger partial charge < -0.3 is 10.1 Å². The van der Waals surface area contributed by atoms with Gasteiger partial charge in [-0.05, 0) is 67.4 Å². The highest BCUT2D eigenvalue weighted by Crippen LogP contribution is 2.30. The lowest BCUT2D eigenvalue weighted by atomic mass is 10.1. The van der Waals surface area contributed by atoms with Crippen LogP contribution in [0, 0.1) is 13.8 Å². The zero-order chi connectivity index (χ0) is 19.2. The van der Waals surface area contributed by atoms with Crippen molar-refractivity contribution in [3.8, 4) is 5.75 Å². The molecule has 0 atom stereocenters. The second-order valence-electron chi connectivity index (χ2n) is 6.41. The number of nitrogens with one attached hydrogen (secondary N) is 1. The summed E-state index contributed by atoms with van der Waals surface area (Å²) in [5, 5.41) is 2.95. The predicted molar refractivity (Wildman–Crippen MR) is 112 cm³/mol. The highest BCUT2D eigenvalue weighted by Gasteiger charge is 2.09. The number of para-hydroxylation sites is 1. The molecule has 0 saturated heterocycles. The van der Waals surface area contributed by atoms with Crippen LogP contribution < -0.4 is 10.1 Å². The number of aryl methyl sites for hydroxylation is 2. The van der Waals surface area contributed by atoms with E-state index in [1.807, 2.05) is 48.5 Å². The zero-order valence-electron chi connectivity index (χ0n) is 15.8. The summed E-state index contributed by atoms with van der Waals surface area (Å²) in [5.41, 5.74) is 4.26. The number of ether oxygens (including phenoxy) is 1. The first kappa shape index (κ1) is 19.1. The lowest BCUT2D eigenvalue weighted by Gasteiger charge is -2.10. The molecular formula is C23H23NO2S. The first-order valence-electron chi connectivity index (χ1n) is 8.82. The molecule has 0 radical (unpaired) electrons. The largest absolute Gasteiger partial charge is 0.496 e. The third-order valence-electron chi connectivity index (χ3n) is 4.40. The van der Waals surface area contributed by atoms with Gasteiger partial charge in [-0.2, -0.15) is 0 Å². The van der Waals surface area contributed by atoms with Crippen LogP contribution in [0.3, 0.4) is 0 Å². The molecule has 3 aromatic carbocycles. The summed E-state index contributed by atoms with van der Waals surface area (Å²) in [6.07, 6.45) is 0.281. The predicted octanol–water partition coefficient (Wildman–Crippen LogP) is 5.64. The first-order valence-corrected chi connectivity index (χ1v) is 9.64. The van der Waals surface area contributed by atoms with Gasteiger partial charge in [-0.1, -0.05) is 36.0 Å². The number of anilines is 1. The molecule has 1 amide bonds. The summed E-state index contributed by atoms with van der Waals surface area (Å²) in [7, 11) is 1.61. The number of benzene rings is 3. The minimum atomic E-state index is -0.0611. The second-order valence-corrected chi connectivity index (χ2v) is 7.56. The van der Waals surface area contributed by atoms with Gasteiger partial charge in [-0.3, -0.25) is 4.79 Å².